The summed E-state index contributed by atoms with van der Waals surface area (Å²) in [4.78, 5) is 11.5. The molecule has 0 aromatic heterocycles. The lowest BCUT2D eigenvalue weighted by molar-refractivity contribution is -0.123. The van der Waals surface area contributed by atoms with Crippen LogP contribution in [-0.4, -0.2) is 32.3 Å². The average molecular weight is 265 g/mol. The van der Waals surface area contributed by atoms with Crippen molar-refractivity contribution in [2.75, 3.05) is 26.4 Å². The van der Waals surface area contributed by atoms with E-state index in [0.717, 1.165) is 18.6 Å². The summed E-state index contributed by atoms with van der Waals surface area (Å²) in [6.07, 6.45) is 1.82. The molecule has 0 radical (unpaired) electrons. The molecule has 0 unspecified atom stereocenters. The van der Waals surface area contributed by atoms with Gasteiger partial charge < -0.3 is 14.8 Å². The molecule has 0 saturated heterocycles. The predicted molar refractivity (Wildman–Crippen MR) is 75.4 cm³/mol. The molecule has 106 valence electrons. The molecule has 0 aliphatic heterocycles. The number of benzene rings is 1. The fourth-order valence-electron chi connectivity index (χ4n) is 1.57. The molecule has 1 rings (SSSR count). The highest BCUT2D eigenvalue weighted by Gasteiger charge is 2.02. The lowest BCUT2D eigenvalue weighted by Crippen LogP contribution is -2.30. The maximum Gasteiger partial charge on any atom is 0.257 e. The Hall–Kier alpha value is -1.55. The third kappa shape index (κ3) is 6.82. The zero-order valence-corrected chi connectivity index (χ0v) is 11.8. The molecule has 0 heterocycles. The van der Waals surface area contributed by atoms with Gasteiger partial charge in [-0.1, -0.05) is 19.1 Å². The van der Waals surface area contributed by atoms with Crippen molar-refractivity contribution < 1.29 is 14.3 Å². The molecule has 0 bridgehead atoms. The largest absolute Gasteiger partial charge is 0.484 e. The van der Waals surface area contributed by atoms with E-state index >= 15 is 0 Å². The topological polar surface area (TPSA) is 47.6 Å². The van der Waals surface area contributed by atoms with Crippen molar-refractivity contribution in [1.82, 2.24) is 5.32 Å². The van der Waals surface area contributed by atoms with E-state index in [-0.39, 0.29) is 12.5 Å². The smallest absolute Gasteiger partial charge is 0.257 e. The number of rotatable bonds is 9. The summed E-state index contributed by atoms with van der Waals surface area (Å²) >= 11 is 0. The third-order valence-electron chi connectivity index (χ3n) is 2.69. The number of hydrogen-bond acceptors (Lipinski definition) is 3. The number of carbonyl (C=O) groups is 1. The van der Waals surface area contributed by atoms with E-state index in [1.165, 1.54) is 5.56 Å². The normalized spacial score (nSPS) is 10.2. The fraction of sp³-hybridized carbons (Fsp3) is 0.533. The number of hydrogen-bond donors (Lipinski definition) is 1. The van der Waals surface area contributed by atoms with Gasteiger partial charge in [-0.2, -0.15) is 0 Å². The van der Waals surface area contributed by atoms with Crippen LogP contribution in [-0.2, 0) is 16.0 Å². The fourth-order valence-corrected chi connectivity index (χ4v) is 1.57. The minimum absolute atomic E-state index is 0.0557. The Kier molecular flexibility index (Phi) is 7.66. The summed E-state index contributed by atoms with van der Waals surface area (Å²) in [6.45, 7) is 6.12. The highest BCUT2D eigenvalue weighted by atomic mass is 16.5. The lowest BCUT2D eigenvalue weighted by atomic mass is 10.2. The van der Waals surface area contributed by atoms with Crippen molar-refractivity contribution in [3.8, 4) is 5.75 Å². The Bertz CT molecular complexity index is 362. The van der Waals surface area contributed by atoms with Gasteiger partial charge in [0.05, 0.1) is 0 Å². The van der Waals surface area contributed by atoms with Gasteiger partial charge in [0.2, 0.25) is 0 Å². The summed E-state index contributed by atoms with van der Waals surface area (Å²) in [5, 5.41) is 2.79. The maximum atomic E-state index is 11.5. The van der Waals surface area contributed by atoms with Crippen LogP contribution in [0, 0.1) is 0 Å². The maximum absolute atomic E-state index is 11.5. The van der Waals surface area contributed by atoms with E-state index in [1.807, 2.05) is 31.2 Å². The van der Waals surface area contributed by atoms with Crippen molar-refractivity contribution in [1.29, 1.82) is 0 Å². The number of aryl methyl sites for hydroxylation is 1. The number of nitrogens with one attached hydrogen (secondary N) is 1. The summed E-state index contributed by atoms with van der Waals surface area (Å²) in [5.41, 5.74) is 1.26. The van der Waals surface area contributed by atoms with E-state index < -0.39 is 0 Å². The standard InChI is InChI=1S/C15H23NO3/c1-3-13-6-8-14(9-7-13)19-12-15(17)16-10-5-11-18-4-2/h6-9H,3-5,10-12H2,1-2H3,(H,16,17). The molecule has 4 nitrogen and oxygen atoms in total. The Morgan fingerprint density at radius 2 is 1.95 bits per heavy atom. The molecule has 0 aliphatic carbocycles. The number of ether oxygens (including phenoxy) is 2. The van der Waals surface area contributed by atoms with Gasteiger partial charge in [0.25, 0.3) is 5.91 Å². The SMILES string of the molecule is CCOCCCNC(=O)COc1ccc(CC)cc1. The summed E-state index contributed by atoms with van der Waals surface area (Å²) in [7, 11) is 0. The minimum atomic E-state index is -0.101. The van der Waals surface area contributed by atoms with Crippen LogP contribution in [0.25, 0.3) is 0 Å². The van der Waals surface area contributed by atoms with Gasteiger partial charge in [0, 0.05) is 19.8 Å². The molecule has 0 saturated carbocycles. The van der Waals surface area contributed by atoms with Gasteiger partial charge >= 0.3 is 0 Å². The minimum Gasteiger partial charge on any atom is -0.484 e. The molecular weight excluding hydrogens is 242 g/mol. The molecule has 19 heavy (non-hydrogen) atoms. The van der Waals surface area contributed by atoms with Gasteiger partial charge in [0.15, 0.2) is 6.61 Å². The zero-order chi connectivity index (χ0) is 13.9. The highest BCUT2D eigenvalue weighted by Crippen LogP contribution is 2.12. The predicted octanol–water partition coefficient (Wildman–Crippen LogP) is 2.17. The molecule has 0 atom stereocenters. The second-order valence-corrected chi connectivity index (χ2v) is 4.19. The van der Waals surface area contributed by atoms with E-state index in [0.29, 0.717) is 19.8 Å². The second-order valence-electron chi connectivity index (χ2n) is 4.19. The average Bonchev–Trinajstić information content (AvgIpc) is 2.45. The first-order chi connectivity index (χ1) is 9.26. The van der Waals surface area contributed by atoms with E-state index in [9.17, 15) is 4.79 Å². The summed E-state index contributed by atoms with van der Waals surface area (Å²) in [6, 6.07) is 7.80. The first-order valence-corrected chi connectivity index (χ1v) is 6.82. The molecule has 0 fully saturated rings. The van der Waals surface area contributed by atoms with Gasteiger partial charge in [0.1, 0.15) is 5.75 Å². The van der Waals surface area contributed by atoms with Crippen molar-refractivity contribution in [2.24, 2.45) is 0 Å². The van der Waals surface area contributed by atoms with Crippen LogP contribution in [0.5, 0.6) is 5.75 Å². The van der Waals surface area contributed by atoms with Crippen molar-refractivity contribution >= 4 is 5.91 Å². The lowest BCUT2D eigenvalue weighted by Gasteiger charge is -2.08. The second kappa shape index (κ2) is 9.39. The van der Waals surface area contributed by atoms with Crippen LogP contribution in [0.3, 0.4) is 0 Å². The first kappa shape index (κ1) is 15.5. The van der Waals surface area contributed by atoms with Gasteiger partial charge in [-0.15, -0.1) is 0 Å². The third-order valence-corrected chi connectivity index (χ3v) is 2.69. The van der Waals surface area contributed by atoms with Crippen LogP contribution < -0.4 is 10.1 Å². The molecular formula is C15H23NO3. The first-order valence-electron chi connectivity index (χ1n) is 6.82. The number of amides is 1. The molecule has 0 spiro atoms. The van der Waals surface area contributed by atoms with E-state index in [2.05, 4.69) is 12.2 Å². The Morgan fingerprint density at radius 3 is 2.58 bits per heavy atom. The molecule has 4 heteroatoms. The molecule has 1 aromatic carbocycles. The zero-order valence-electron chi connectivity index (χ0n) is 11.8. The molecule has 1 N–H and O–H groups in total. The van der Waals surface area contributed by atoms with Crippen LogP contribution in [0.15, 0.2) is 24.3 Å². The van der Waals surface area contributed by atoms with Crippen molar-refractivity contribution in [2.45, 2.75) is 26.7 Å². The van der Waals surface area contributed by atoms with Crippen LogP contribution >= 0.6 is 0 Å². The Labute approximate surface area is 115 Å². The molecule has 1 aromatic rings. The molecule has 1 amide bonds. The highest BCUT2D eigenvalue weighted by molar-refractivity contribution is 5.77. The quantitative estimate of drug-likeness (QED) is 0.696. The Balaban J connectivity index is 2.15. The number of carbonyl (C=O) groups excluding carboxylic acids is 1. The Morgan fingerprint density at radius 1 is 1.21 bits per heavy atom. The summed E-state index contributed by atoms with van der Waals surface area (Å²) < 4.78 is 10.6. The summed E-state index contributed by atoms with van der Waals surface area (Å²) in [5.74, 6) is 0.623. The van der Waals surface area contributed by atoms with Crippen molar-refractivity contribution in [3.05, 3.63) is 29.8 Å². The van der Waals surface area contributed by atoms with E-state index in [4.69, 9.17) is 9.47 Å². The van der Waals surface area contributed by atoms with Crippen LogP contribution in [0.2, 0.25) is 0 Å². The van der Waals surface area contributed by atoms with Gasteiger partial charge in [-0.25, -0.2) is 0 Å². The van der Waals surface area contributed by atoms with Gasteiger partial charge in [-0.3, -0.25) is 4.79 Å². The molecule has 0 aliphatic rings. The van der Waals surface area contributed by atoms with Crippen molar-refractivity contribution in [3.63, 3.8) is 0 Å². The monoisotopic (exact) mass is 265 g/mol. The van der Waals surface area contributed by atoms with Gasteiger partial charge in [-0.05, 0) is 37.5 Å². The van der Waals surface area contributed by atoms with Crippen LogP contribution in [0.4, 0.5) is 0 Å². The van der Waals surface area contributed by atoms with Crippen LogP contribution in [0.1, 0.15) is 25.8 Å². The van der Waals surface area contributed by atoms with E-state index in [1.54, 1.807) is 0 Å².